The van der Waals surface area contributed by atoms with Gasteiger partial charge in [0.15, 0.2) is 0 Å². The van der Waals surface area contributed by atoms with E-state index in [1.54, 1.807) is 0 Å². The molecule has 0 amide bonds. The average molecular weight is 284 g/mol. The van der Waals surface area contributed by atoms with E-state index in [0.29, 0.717) is 6.61 Å². The third-order valence-electron chi connectivity index (χ3n) is 2.33. The fraction of sp³-hybridized carbons (Fsp3) is 0.385. The second kappa shape index (κ2) is 6.71. The van der Waals surface area contributed by atoms with E-state index in [9.17, 15) is 0 Å². The molecule has 0 spiro atoms. The molecule has 1 N–H and O–H groups in total. The van der Waals surface area contributed by atoms with Crippen molar-refractivity contribution in [3.8, 4) is 5.75 Å². The Hall–Kier alpha value is -0.800. The fourth-order valence-electron chi connectivity index (χ4n) is 1.25. The Kier molecular flexibility index (Phi) is 5.56. The largest absolute Gasteiger partial charge is 0.489 e. The zero-order chi connectivity index (χ0) is 12.0. The Balaban J connectivity index is 2.67. The van der Waals surface area contributed by atoms with Gasteiger partial charge in [-0.3, -0.25) is 0 Å². The van der Waals surface area contributed by atoms with Gasteiger partial charge in [-0.2, -0.15) is 0 Å². The van der Waals surface area contributed by atoms with Crippen molar-refractivity contribution in [2.45, 2.75) is 19.9 Å². The summed E-state index contributed by atoms with van der Waals surface area (Å²) in [6, 6.07) is 6.02. The van der Waals surface area contributed by atoms with Crippen molar-refractivity contribution >= 4 is 15.9 Å². The van der Waals surface area contributed by atoms with Crippen LogP contribution in [0.25, 0.3) is 0 Å². The summed E-state index contributed by atoms with van der Waals surface area (Å²) in [5.41, 5.74) is 2.31. The van der Waals surface area contributed by atoms with Gasteiger partial charge in [-0.1, -0.05) is 29.4 Å². The first-order chi connectivity index (χ1) is 7.67. The van der Waals surface area contributed by atoms with Crippen LogP contribution in [0.1, 0.15) is 18.9 Å². The third kappa shape index (κ3) is 3.99. The lowest BCUT2D eigenvalue weighted by atomic mass is 10.2. The maximum atomic E-state index is 5.65. The molecule has 1 rings (SSSR count). The van der Waals surface area contributed by atoms with Crippen LogP contribution in [0.15, 0.2) is 34.8 Å². The zero-order valence-electron chi connectivity index (χ0n) is 9.85. The molecule has 1 aromatic rings. The molecule has 0 fully saturated rings. The van der Waals surface area contributed by atoms with E-state index in [4.69, 9.17) is 4.74 Å². The number of hydrogen-bond acceptors (Lipinski definition) is 2. The van der Waals surface area contributed by atoms with Gasteiger partial charge < -0.3 is 10.1 Å². The number of ether oxygens (including phenoxy) is 1. The lowest BCUT2D eigenvalue weighted by Gasteiger charge is -2.10. The van der Waals surface area contributed by atoms with Gasteiger partial charge in [-0.05, 0) is 42.8 Å². The molecule has 0 unspecified atom stereocenters. The Bertz CT molecular complexity index is 363. The summed E-state index contributed by atoms with van der Waals surface area (Å²) in [5, 5.41) is 3.12. The number of hydrogen-bond donors (Lipinski definition) is 1. The van der Waals surface area contributed by atoms with Crippen molar-refractivity contribution in [2.75, 3.05) is 13.7 Å². The molecule has 1 aromatic carbocycles. The Morgan fingerprint density at radius 3 is 2.88 bits per heavy atom. The van der Waals surface area contributed by atoms with Gasteiger partial charge >= 0.3 is 0 Å². The van der Waals surface area contributed by atoms with Crippen LogP contribution in [0.4, 0.5) is 0 Å². The van der Waals surface area contributed by atoms with Crippen LogP contribution >= 0.6 is 15.9 Å². The maximum Gasteiger partial charge on any atom is 0.120 e. The molecule has 0 heterocycles. The lowest BCUT2D eigenvalue weighted by molar-refractivity contribution is 0.348. The van der Waals surface area contributed by atoms with Gasteiger partial charge in [0, 0.05) is 11.0 Å². The predicted molar refractivity (Wildman–Crippen MR) is 71.8 cm³/mol. The molecule has 0 radical (unpaired) electrons. The van der Waals surface area contributed by atoms with Gasteiger partial charge in [0.05, 0.1) is 0 Å². The molecule has 0 aliphatic heterocycles. The van der Waals surface area contributed by atoms with E-state index >= 15 is 0 Å². The zero-order valence-corrected chi connectivity index (χ0v) is 11.4. The van der Waals surface area contributed by atoms with Crippen molar-refractivity contribution in [3.63, 3.8) is 0 Å². The highest BCUT2D eigenvalue weighted by Crippen LogP contribution is 2.22. The van der Waals surface area contributed by atoms with Gasteiger partial charge in [-0.25, -0.2) is 0 Å². The summed E-state index contributed by atoms with van der Waals surface area (Å²) in [6.45, 7) is 7.42. The Morgan fingerprint density at radius 1 is 1.50 bits per heavy atom. The minimum atomic E-state index is 0.594. The number of nitrogens with one attached hydrogen (secondary N) is 1. The van der Waals surface area contributed by atoms with Crippen LogP contribution in [0.5, 0.6) is 5.75 Å². The second-order valence-electron chi connectivity index (χ2n) is 3.68. The SMILES string of the molecule is C=C(CC)COc1ccc(Br)c(CNC)c1. The summed E-state index contributed by atoms with van der Waals surface area (Å²) in [5.74, 6) is 0.892. The highest BCUT2D eigenvalue weighted by molar-refractivity contribution is 9.10. The van der Waals surface area contributed by atoms with Gasteiger partial charge in [-0.15, -0.1) is 0 Å². The molecule has 0 saturated heterocycles. The Labute approximate surface area is 106 Å². The predicted octanol–water partition coefficient (Wildman–Crippen LogP) is 3.51. The molecule has 0 bridgehead atoms. The van der Waals surface area contributed by atoms with Gasteiger partial charge in [0.1, 0.15) is 12.4 Å². The first-order valence-corrected chi connectivity index (χ1v) is 6.19. The third-order valence-corrected chi connectivity index (χ3v) is 3.10. The number of rotatable bonds is 6. The van der Waals surface area contributed by atoms with Crippen molar-refractivity contribution < 1.29 is 4.74 Å². The minimum absolute atomic E-state index is 0.594. The first-order valence-electron chi connectivity index (χ1n) is 5.39. The Morgan fingerprint density at radius 2 is 2.25 bits per heavy atom. The topological polar surface area (TPSA) is 21.3 Å². The number of halogens is 1. The van der Waals surface area contributed by atoms with E-state index in [1.807, 2.05) is 25.2 Å². The molecule has 88 valence electrons. The maximum absolute atomic E-state index is 5.65. The second-order valence-corrected chi connectivity index (χ2v) is 4.53. The van der Waals surface area contributed by atoms with Crippen LogP contribution in [0.2, 0.25) is 0 Å². The molecule has 0 atom stereocenters. The summed E-state index contributed by atoms with van der Waals surface area (Å²) in [4.78, 5) is 0. The summed E-state index contributed by atoms with van der Waals surface area (Å²) in [6.07, 6.45) is 0.958. The fourth-order valence-corrected chi connectivity index (χ4v) is 1.64. The quantitative estimate of drug-likeness (QED) is 0.807. The molecule has 2 nitrogen and oxygen atoms in total. The molecule has 16 heavy (non-hydrogen) atoms. The highest BCUT2D eigenvalue weighted by Gasteiger charge is 2.02. The van der Waals surface area contributed by atoms with E-state index in [2.05, 4.69) is 34.7 Å². The van der Waals surface area contributed by atoms with Crippen LogP contribution in [0, 0.1) is 0 Å². The van der Waals surface area contributed by atoms with Crippen LogP contribution in [-0.4, -0.2) is 13.7 Å². The van der Waals surface area contributed by atoms with Gasteiger partial charge in [0.2, 0.25) is 0 Å². The summed E-state index contributed by atoms with van der Waals surface area (Å²) in [7, 11) is 1.93. The monoisotopic (exact) mass is 283 g/mol. The van der Waals surface area contributed by atoms with E-state index in [-0.39, 0.29) is 0 Å². The molecular weight excluding hydrogens is 266 g/mol. The van der Waals surface area contributed by atoms with Crippen molar-refractivity contribution in [3.05, 3.63) is 40.4 Å². The van der Waals surface area contributed by atoms with Crippen molar-refractivity contribution in [1.82, 2.24) is 5.32 Å². The number of benzene rings is 1. The van der Waals surface area contributed by atoms with Gasteiger partial charge in [0.25, 0.3) is 0 Å². The molecule has 3 heteroatoms. The minimum Gasteiger partial charge on any atom is -0.489 e. The van der Waals surface area contributed by atoms with E-state index in [0.717, 1.165) is 28.8 Å². The van der Waals surface area contributed by atoms with Crippen molar-refractivity contribution in [1.29, 1.82) is 0 Å². The average Bonchev–Trinajstić information content (AvgIpc) is 2.30. The highest BCUT2D eigenvalue weighted by atomic mass is 79.9. The first kappa shape index (κ1) is 13.3. The van der Waals surface area contributed by atoms with Crippen LogP contribution < -0.4 is 10.1 Å². The van der Waals surface area contributed by atoms with Crippen LogP contribution in [-0.2, 0) is 6.54 Å². The van der Waals surface area contributed by atoms with Crippen LogP contribution in [0.3, 0.4) is 0 Å². The standard InChI is InChI=1S/C13H18BrNO/c1-4-10(2)9-16-12-5-6-13(14)11(7-12)8-15-3/h5-7,15H,2,4,8-9H2,1,3H3. The molecule has 0 saturated carbocycles. The van der Waals surface area contributed by atoms with Crippen molar-refractivity contribution in [2.24, 2.45) is 0 Å². The molecule has 0 aromatic heterocycles. The lowest BCUT2D eigenvalue weighted by Crippen LogP contribution is -2.06. The smallest absolute Gasteiger partial charge is 0.120 e. The molecule has 0 aliphatic carbocycles. The van der Waals surface area contributed by atoms with E-state index < -0.39 is 0 Å². The van der Waals surface area contributed by atoms with E-state index in [1.165, 1.54) is 5.56 Å². The molecule has 0 aliphatic rings. The normalized spacial score (nSPS) is 10.2. The summed E-state index contributed by atoms with van der Waals surface area (Å²) < 4.78 is 6.75. The summed E-state index contributed by atoms with van der Waals surface area (Å²) >= 11 is 3.51. The molecular formula is C13H18BrNO.